The van der Waals surface area contributed by atoms with Gasteiger partial charge in [0.25, 0.3) is 5.91 Å². The topological polar surface area (TPSA) is 120 Å². The van der Waals surface area contributed by atoms with Crippen LogP contribution in [0.15, 0.2) is 59.8 Å². The van der Waals surface area contributed by atoms with E-state index in [4.69, 9.17) is 0 Å². The van der Waals surface area contributed by atoms with Gasteiger partial charge in [-0.05, 0) is 49.6 Å². The SMILES string of the molecule is Cc1[nH]c2ccc(-c3cncc(NC(=O)C4CC4)c3)cc2c1C(=O)Nc1ccc(=O)[nH]c1. The van der Waals surface area contributed by atoms with Crippen LogP contribution in [-0.4, -0.2) is 26.8 Å². The molecule has 1 saturated carbocycles. The molecule has 8 heteroatoms. The first kappa shape index (κ1) is 19.7. The summed E-state index contributed by atoms with van der Waals surface area (Å²) in [5.74, 6) is -0.134. The molecule has 2 amide bonds. The number of aromatic amines is 2. The van der Waals surface area contributed by atoms with Gasteiger partial charge in [0.05, 0.1) is 23.1 Å². The lowest BCUT2D eigenvalue weighted by Crippen LogP contribution is -2.14. The summed E-state index contributed by atoms with van der Waals surface area (Å²) in [5, 5.41) is 6.51. The van der Waals surface area contributed by atoms with E-state index in [0.717, 1.165) is 40.6 Å². The first-order chi connectivity index (χ1) is 15.5. The zero-order valence-corrected chi connectivity index (χ0v) is 17.4. The predicted molar refractivity (Wildman–Crippen MR) is 123 cm³/mol. The molecule has 32 heavy (non-hydrogen) atoms. The first-order valence-corrected chi connectivity index (χ1v) is 10.4. The van der Waals surface area contributed by atoms with Gasteiger partial charge in [-0.15, -0.1) is 0 Å². The van der Waals surface area contributed by atoms with Crippen molar-refractivity contribution in [3.05, 3.63) is 76.6 Å². The van der Waals surface area contributed by atoms with E-state index in [2.05, 4.69) is 25.6 Å². The number of hydrogen-bond acceptors (Lipinski definition) is 4. The fraction of sp³-hybridized carbons (Fsp3) is 0.167. The lowest BCUT2D eigenvalue weighted by molar-refractivity contribution is -0.117. The van der Waals surface area contributed by atoms with Crippen LogP contribution < -0.4 is 16.2 Å². The maximum absolute atomic E-state index is 13.0. The number of pyridine rings is 2. The zero-order chi connectivity index (χ0) is 22.2. The highest BCUT2D eigenvalue weighted by Crippen LogP contribution is 2.32. The van der Waals surface area contributed by atoms with E-state index < -0.39 is 0 Å². The maximum atomic E-state index is 13.0. The number of nitrogens with one attached hydrogen (secondary N) is 4. The van der Waals surface area contributed by atoms with Crippen LogP contribution in [0.4, 0.5) is 11.4 Å². The normalized spacial score (nSPS) is 13.2. The summed E-state index contributed by atoms with van der Waals surface area (Å²) in [6.07, 6.45) is 6.70. The van der Waals surface area contributed by atoms with E-state index >= 15 is 0 Å². The van der Waals surface area contributed by atoms with Gasteiger partial charge in [0, 0.05) is 46.5 Å². The molecular formula is C24H21N5O3. The van der Waals surface area contributed by atoms with Gasteiger partial charge in [0.2, 0.25) is 11.5 Å². The number of aryl methyl sites for hydroxylation is 1. The quantitative estimate of drug-likeness (QED) is 0.387. The molecule has 1 fully saturated rings. The van der Waals surface area contributed by atoms with Crippen LogP contribution in [-0.2, 0) is 4.79 Å². The monoisotopic (exact) mass is 427 g/mol. The average molecular weight is 427 g/mol. The fourth-order valence-corrected chi connectivity index (χ4v) is 3.74. The number of benzene rings is 1. The van der Waals surface area contributed by atoms with Crippen LogP contribution in [0.5, 0.6) is 0 Å². The molecular weight excluding hydrogens is 406 g/mol. The van der Waals surface area contributed by atoms with Crippen LogP contribution in [0.3, 0.4) is 0 Å². The Morgan fingerprint density at radius 2 is 1.84 bits per heavy atom. The van der Waals surface area contributed by atoms with Crippen molar-refractivity contribution in [3.63, 3.8) is 0 Å². The minimum absolute atomic E-state index is 0.0295. The molecule has 1 aliphatic carbocycles. The highest BCUT2D eigenvalue weighted by molar-refractivity contribution is 6.14. The number of H-pyrrole nitrogens is 2. The molecule has 8 nitrogen and oxygen atoms in total. The highest BCUT2D eigenvalue weighted by atomic mass is 16.2. The Balaban J connectivity index is 1.47. The van der Waals surface area contributed by atoms with E-state index in [9.17, 15) is 14.4 Å². The van der Waals surface area contributed by atoms with Crippen LogP contribution in [0.2, 0.25) is 0 Å². The molecule has 0 unspecified atom stereocenters. The molecule has 3 aromatic heterocycles. The molecule has 0 atom stereocenters. The second kappa shape index (κ2) is 7.81. The van der Waals surface area contributed by atoms with Gasteiger partial charge in [0.15, 0.2) is 0 Å². The Morgan fingerprint density at radius 3 is 2.59 bits per heavy atom. The van der Waals surface area contributed by atoms with Gasteiger partial charge in [-0.3, -0.25) is 19.4 Å². The number of aromatic nitrogens is 3. The lowest BCUT2D eigenvalue weighted by Gasteiger charge is -2.08. The molecule has 4 N–H and O–H groups in total. The molecule has 4 aromatic rings. The Labute approximate surface area is 183 Å². The summed E-state index contributed by atoms with van der Waals surface area (Å²) in [5.41, 5.74) is 4.74. The Kier molecular flexibility index (Phi) is 4.82. The summed E-state index contributed by atoms with van der Waals surface area (Å²) in [7, 11) is 0. The largest absolute Gasteiger partial charge is 0.358 e. The van der Waals surface area contributed by atoms with Crippen molar-refractivity contribution in [2.45, 2.75) is 19.8 Å². The van der Waals surface area contributed by atoms with Crippen molar-refractivity contribution in [2.24, 2.45) is 5.92 Å². The minimum Gasteiger partial charge on any atom is -0.358 e. The number of fused-ring (bicyclic) bond motifs is 1. The third-order valence-electron chi connectivity index (χ3n) is 5.54. The van der Waals surface area contributed by atoms with Gasteiger partial charge in [-0.1, -0.05) is 6.07 Å². The third kappa shape index (κ3) is 3.90. The van der Waals surface area contributed by atoms with Gasteiger partial charge in [0.1, 0.15) is 0 Å². The van der Waals surface area contributed by atoms with Crippen LogP contribution in [0.1, 0.15) is 28.9 Å². The number of amides is 2. The molecule has 0 saturated heterocycles. The van der Waals surface area contributed by atoms with Crippen molar-refractivity contribution < 1.29 is 9.59 Å². The molecule has 1 aromatic carbocycles. The summed E-state index contributed by atoms with van der Waals surface area (Å²) < 4.78 is 0. The van der Waals surface area contributed by atoms with E-state index in [0.29, 0.717) is 16.9 Å². The van der Waals surface area contributed by atoms with Gasteiger partial charge in [-0.2, -0.15) is 0 Å². The van der Waals surface area contributed by atoms with E-state index in [-0.39, 0.29) is 23.3 Å². The molecule has 0 spiro atoms. The molecule has 3 heterocycles. The summed E-state index contributed by atoms with van der Waals surface area (Å²) >= 11 is 0. The van der Waals surface area contributed by atoms with E-state index in [1.54, 1.807) is 18.5 Å². The van der Waals surface area contributed by atoms with Crippen LogP contribution in [0.25, 0.3) is 22.0 Å². The molecule has 0 bridgehead atoms. The standard InChI is InChI=1S/C24H21N5O3/c1-13-22(24(32)28-17-5-7-21(30)26-12-17)19-9-15(4-6-20(19)27-13)16-8-18(11-25-10-16)29-23(31)14-2-3-14/h4-12,14,27H,2-3H2,1H3,(H,26,30)(H,28,32)(H,29,31). The Morgan fingerprint density at radius 1 is 1.00 bits per heavy atom. The van der Waals surface area contributed by atoms with Crippen molar-refractivity contribution in [3.8, 4) is 11.1 Å². The van der Waals surface area contributed by atoms with Crippen molar-refractivity contribution in [1.29, 1.82) is 0 Å². The molecule has 5 rings (SSSR count). The minimum atomic E-state index is -0.276. The number of carbonyl (C=O) groups is 2. The average Bonchev–Trinajstić information content (AvgIpc) is 3.57. The summed E-state index contributed by atoms with van der Waals surface area (Å²) in [6, 6.07) is 10.6. The third-order valence-corrected chi connectivity index (χ3v) is 5.54. The molecule has 0 aliphatic heterocycles. The maximum Gasteiger partial charge on any atom is 0.258 e. The number of carbonyl (C=O) groups excluding carboxylic acids is 2. The summed E-state index contributed by atoms with van der Waals surface area (Å²) in [4.78, 5) is 46.4. The van der Waals surface area contributed by atoms with E-state index in [1.165, 1.54) is 12.3 Å². The fourth-order valence-electron chi connectivity index (χ4n) is 3.74. The number of anilines is 2. The second-order valence-corrected chi connectivity index (χ2v) is 8.01. The predicted octanol–water partition coefficient (Wildman–Crippen LogP) is 3.83. The van der Waals surface area contributed by atoms with Crippen LogP contribution >= 0.6 is 0 Å². The smallest absolute Gasteiger partial charge is 0.258 e. The van der Waals surface area contributed by atoms with Gasteiger partial charge in [-0.25, -0.2) is 0 Å². The number of nitrogens with zero attached hydrogens (tertiary/aromatic N) is 1. The molecule has 160 valence electrons. The summed E-state index contributed by atoms with van der Waals surface area (Å²) in [6.45, 7) is 1.84. The second-order valence-electron chi connectivity index (χ2n) is 8.01. The van der Waals surface area contributed by atoms with Crippen molar-refractivity contribution in [1.82, 2.24) is 15.0 Å². The van der Waals surface area contributed by atoms with Gasteiger partial charge >= 0.3 is 0 Å². The zero-order valence-electron chi connectivity index (χ0n) is 17.4. The molecule has 1 aliphatic rings. The Hall–Kier alpha value is -4.20. The van der Waals surface area contributed by atoms with Crippen molar-refractivity contribution >= 4 is 34.1 Å². The number of rotatable bonds is 5. The highest BCUT2D eigenvalue weighted by Gasteiger charge is 2.29. The molecule has 0 radical (unpaired) electrons. The lowest BCUT2D eigenvalue weighted by atomic mass is 10.0. The number of hydrogen-bond donors (Lipinski definition) is 4. The van der Waals surface area contributed by atoms with Crippen LogP contribution in [0, 0.1) is 12.8 Å². The van der Waals surface area contributed by atoms with Gasteiger partial charge < -0.3 is 20.6 Å². The first-order valence-electron chi connectivity index (χ1n) is 10.4. The Bertz CT molecular complexity index is 1390. The van der Waals surface area contributed by atoms with Crippen molar-refractivity contribution in [2.75, 3.05) is 10.6 Å². The van der Waals surface area contributed by atoms with E-state index in [1.807, 2.05) is 31.2 Å².